The van der Waals surface area contributed by atoms with Crippen LogP contribution in [0.1, 0.15) is 41.0 Å². The standard InChI is InChI=1S/C9H21NO/c1-8(2,3)6-9(4,5)7-11-10/h6-7,10H2,1-5H3. The predicted molar refractivity (Wildman–Crippen MR) is 48.0 cm³/mol. The number of nitrogens with two attached hydrogens (primary N) is 1. The van der Waals surface area contributed by atoms with E-state index in [1.165, 1.54) is 0 Å². The topological polar surface area (TPSA) is 35.2 Å². The lowest BCUT2D eigenvalue weighted by Gasteiger charge is -2.31. The molecule has 0 atom stereocenters. The SMILES string of the molecule is CC(C)(C)CC(C)(C)CON. The second kappa shape index (κ2) is 3.55. The maximum Gasteiger partial charge on any atom is 0.0730 e. The third-order valence-corrected chi connectivity index (χ3v) is 1.48. The first kappa shape index (κ1) is 10.9. The molecule has 2 heteroatoms. The molecule has 0 spiro atoms. The van der Waals surface area contributed by atoms with E-state index in [9.17, 15) is 0 Å². The normalized spacial score (nSPS) is 13.6. The van der Waals surface area contributed by atoms with Crippen LogP contribution in [-0.2, 0) is 4.84 Å². The van der Waals surface area contributed by atoms with Crippen LogP contribution in [-0.4, -0.2) is 6.61 Å². The van der Waals surface area contributed by atoms with Crippen molar-refractivity contribution in [3.8, 4) is 0 Å². The molecular weight excluding hydrogens is 138 g/mol. The fraction of sp³-hybridized carbons (Fsp3) is 1.00. The van der Waals surface area contributed by atoms with Crippen molar-refractivity contribution in [3.05, 3.63) is 0 Å². The van der Waals surface area contributed by atoms with E-state index >= 15 is 0 Å². The van der Waals surface area contributed by atoms with E-state index in [0.29, 0.717) is 12.0 Å². The molecule has 68 valence electrons. The number of rotatable bonds is 3. The highest BCUT2D eigenvalue weighted by molar-refractivity contribution is 4.75. The van der Waals surface area contributed by atoms with E-state index in [4.69, 9.17) is 5.90 Å². The van der Waals surface area contributed by atoms with Gasteiger partial charge in [-0.25, -0.2) is 5.90 Å². The van der Waals surface area contributed by atoms with Gasteiger partial charge < -0.3 is 4.84 Å². The summed E-state index contributed by atoms with van der Waals surface area (Å²) >= 11 is 0. The van der Waals surface area contributed by atoms with Crippen molar-refractivity contribution in [3.63, 3.8) is 0 Å². The van der Waals surface area contributed by atoms with Crippen LogP contribution in [0.4, 0.5) is 0 Å². The summed E-state index contributed by atoms with van der Waals surface area (Å²) in [4.78, 5) is 4.65. The maximum absolute atomic E-state index is 5.03. The third-order valence-electron chi connectivity index (χ3n) is 1.48. The first-order valence-corrected chi connectivity index (χ1v) is 4.09. The van der Waals surface area contributed by atoms with E-state index in [1.54, 1.807) is 0 Å². The molecule has 2 N–H and O–H groups in total. The van der Waals surface area contributed by atoms with Crippen LogP contribution in [0.15, 0.2) is 0 Å². The summed E-state index contributed by atoms with van der Waals surface area (Å²) in [6.45, 7) is 11.7. The van der Waals surface area contributed by atoms with Gasteiger partial charge in [-0.15, -0.1) is 0 Å². The van der Waals surface area contributed by atoms with Crippen molar-refractivity contribution in [2.75, 3.05) is 6.61 Å². The van der Waals surface area contributed by atoms with E-state index in [2.05, 4.69) is 39.5 Å². The molecule has 0 aliphatic carbocycles. The van der Waals surface area contributed by atoms with Crippen LogP contribution in [0.25, 0.3) is 0 Å². The van der Waals surface area contributed by atoms with Gasteiger partial charge in [0.2, 0.25) is 0 Å². The minimum atomic E-state index is 0.188. The predicted octanol–water partition coefficient (Wildman–Crippen LogP) is 2.34. The van der Waals surface area contributed by atoms with Gasteiger partial charge in [-0.3, -0.25) is 0 Å². The van der Waals surface area contributed by atoms with Crippen molar-refractivity contribution < 1.29 is 4.84 Å². The van der Waals surface area contributed by atoms with Crippen LogP contribution in [0.5, 0.6) is 0 Å². The van der Waals surface area contributed by atoms with E-state index in [0.717, 1.165) is 6.42 Å². The summed E-state index contributed by atoms with van der Waals surface area (Å²) in [5.41, 5.74) is 0.537. The van der Waals surface area contributed by atoms with Gasteiger partial charge >= 0.3 is 0 Å². The third kappa shape index (κ3) is 6.32. The number of hydrogen-bond acceptors (Lipinski definition) is 2. The molecular formula is C9H21NO. The Kier molecular flexibility index (Phi) is 3.52. The second-order valence-electron chi connectivity index (χ2n) is 5.21. The van der Waals surface area contributed by atoms with Crippen molar-refractivity contribution in [1.29, 1.82) is 0 Å². The molecule has 0 aliphatic rings. The van der Waals surface area contributed by atoms with Crippen molar-refractivity contribution in [1.82, 2.24) is 0 Å². The molecule has 0 aromatic heterocycles. The lowest BCUT2D eigenvalue weighted by molar-refractivity contribution is 0.0396. The quantitative estimate of drug-likeness (QED) is 0.641. The molecule has 0 fully saturated rings. The molecule has 0 bridgehead atoms. The molecule has 0 amide bonds. The lowest BCUT2D eigenvalue weighted by atomic mass is 9.77. The Hall–Kier alpha value is -0.0800. The highest BCUT2D eigenvalue weighted by Crippen LogP contribution is 2.32. The smallest absolute Gasteiger partial charge is 0.0730 e. The minimum Gasteiger partial charge on any atom is -0.304 e. The summed E-state index contributed by atoms with van der Waals surface area (Å²) in [5.74, 6) is 5.03. The second-order valence-corrected chi connectivity index (χ2v) is 5.21. The zero-order valence-electron chi connectivity index (χ0n) is 8.40. The Morgan fingerprint density at radius 2 is 1.55 bits per heavy atom. The molecule has 0 radical (unpaired) electrons. The highest BCUT2D eigenvalue weighted by Gasteiger charge is 2.25. The minimum absolute atomic E-state index is 0.188. The van der Waals surface area contributed by atoms with Gasteiger partial charge in [-0.05, 0) is 17.3 Å². The van der Waals surface area contributed by atoms with Crippen LogP contribution >= 0.6 is 0 Å². The Bertz CT molecular complexity index is 113. The van der Waals surface area contributed by atoms with Gasteiger partial charge in [0.15, 0.2) is 0 Å². The molecule has 0 saturated carbocycles. The first-order chi connectivity index (χ1) is 4.77. The summed E-state index contributed by atoms with van der Waals surface area (Å²) in [5, 5.41) is 0. The fourth-order valence-corrected chi connectivity index (χ4v) is 1.71. The van der Waals surface area contributed by atoms with Gasteiger partial charge in [0, 0.05) is 0 Å². The van der Waals surface area contributed by atoms with Crippen molar-refractivity contribution in [2.24, 2.45) is 16.7 Å². The Morgan fingerprint density at radius 1 is 1.09 bits per heavy atom. The average molecular weight is 159 g/mol. The van der Waals surface area contributed by atoms with Crippen LogP contribution in [0.2, 0.25) is 0 Å². The van der Waals surface area contributed by atoms with Crippen molar-refractivity contribution in [2.45, 2.75) is 41.0 Å². The monoisotopic (exact) mass is 159 g/mol. The number of hydrogen-bond donors (Lipinski definition) is 1. The molecule has 0 aromatic rings. The molecule has 0 heterocycles. The summed E-state index contributed by atoms with van der Waals surface area (Å²) in [6.07, 6.45) is 1.12. The maximum atomic E-state index is 5.03. The molecule has 2 nitrogen and oxygen atoms in total. The Morgan fingerprint density at radius 3 is 1.82 bits per heavy atom. The lowest BCUT2D eigenvalue weighted by Crippen LogP contribution is -2.27. The molecule has 0 aliphatic heterocycles. The van der Waals surface area contributed by atoms with Crippen LogP contribution in [0.3, 0.4) is 0 Å². The fourth-order valence-electron chi connectivity index (χ4n) is 1.71. The van der Waals surface area contributed by atoms with Gasteiger partial charge in [-0.2, -0.15) is 0 Å². The Labute approximate surface area is 70.1 Å². The van der Waals surface area contributed by atoms with Gasteiger partial charge in [0.05, 0.1) is 6.61 Å². The molecule has 0 aromatic carbocycles. The zero-order chi connectivity index (χ0) is 9.12. The van der Waals surface area contributed by atoms with Gasteiger partial charge in [0.25, 0.3) is 0 Å². The van der Waals surface area contributed by atoms with Crippen molar-refractivity contribution >= 4 is 0 Å². The van der Waals surface area contributed by atoms with Gasteiger partial charge in [0.1, 0.15) is 0 Å². The van der Waals surface area contributed by atoms with Crippen LogP contribution < -0.4 is 5.90 Å². The first-order valence-electron chi connectivity index (χ1n) is 4.09. The van der Waals surface area contributed by atoms with Crippen LogP contribution in [0, 0.1) is 10.8 Å². The highest BCUT2D eigenvalue weighted by atomic mass is 16.6. The largest absolute Gasteiger partial charge is 0.304 e. The summed E-state index contributed by atoms with van der Waals surface area (Å²) in [7, 11) is 0. The zero-order valence-corrected chi connectivity index (χ0v) is 8.40. The molecule has 0 unspecified atom stereocenters. The molecule has 0 saturated heterocycles. The van der Waals surface area contributed by atoms with E-state index < -0.39 is 0 Å². The van der Waals surface area contributed by atoms with Gasteiger partial charge in [-0.1, -0.05) is 34.6 Å². The van der Waals surface area contributed by atoms with E-state index in [1.807, 2.05) is 0 Å². The molecule has 0 rings (SSSR count). The average Bonchev–Trinajstić information content (AvgIpc) is 1.55. The summed E-state index contributed by atoms with van der Waals surface area (Å²) < 4.78 is 0. The van der Waals surface area contributed by atoms with E-state index in [-0.39, 0.29) is 5.41 Å². The molecule has 11 heavy (non-hydrogen) atoms. The summed E-state index contributed by atoms with van der Waals surface area (Å²) in [6, 6.07) is 0. The Balaban J connectivity index is 3.91.